The van der Waals surface area contributed by atoms with Crippen LogP contribution in [-0.2, 0) is 16.1 Å². The monoisotopic (exact) mass is 277 g/mol. The van der Waals surface area contributed by atoms with Crippen LogP contribution in [0.3, 0.4) is 0 Å². The van der Waals surface area contributed by atoms with Gasteiger partial charge in [0.25, 0.3) is 0 Å². The summed E-state index contributed by atoms with van der Waals surface area (Å²) in [6, 6.07) is 1.98. The highest BCUT2D eigenvalue weighted by Gasteiger charge is 2.43. The molecule has 3 rings (SSSR count). The van der Waals surface area contributed by atoms with Crippen molar-refractivity contribution in [1.29, 1.82) is 0 Å². The zero-order valence-corrected chi connectivity index (χ0v) is 12.3. The average Bonchev–Trinajstić information content (AvgIpc) is 3.08. The fraction of sp³-hybridized carbons (Fsp3) is 0.733. The van der Waals surface area contributed by atoms with Crippen molar-refractivity contribution < 1.29 is 9.47 Å². The first-order chi connectivity index (χ1) is 9.80. The van der Waals surface area contributed by atoms with E-state index in [1.54, 1.807) is 7.11 Å². The van der Waals surface area contributed by atoms with Gasteiger partial charge in [0.05, 0.1) is 24.5 Å². The molecule has 0 radical (unpaired) electrons. The van der Waals surface area contributed by atoms with Crippen LogP contribution in [0.1, 0.15) is 50.0 Å². The third kappa shape index (κ3) is 2.79. The van der Waals surface area contributed by atoms with Crippen LogP contribution in [0.15, 0.2) is 6.07 Å². The van der Waals surface area contributed by atoms with Crippen LogP contribution >= 0.6 is 0 Å². The number of nitrogens with zero attached hydrogens (tertiary/aromatic N) is 2. The zero-order valence-electron chi connectivity index (χ0n) is 12.3. The van der Waals surface area contributed by atoms with E-state index in [1.165, 1.54) is 6.42 Å². The Labute approximate surface area is 120 Å². The number of ether oxygens (including phenoxy) is 2. The van der Waals surface area contributed by atoms with Crippen LogP contribution in [-0.4, -0.2) is 35.8 Å². The first kappa shape index (κ1) is 13.8. The summed E-state index contributed by atoms with van der Waals surface area (Å²) in [5.74, 6) is 2.18. The summed E-state index contributed by atoms with van der Waals surface area (Å²) in [5, 5.41) is 3.35. The van der Waals surface area contributed by atoms with E-state index >= 15 is 0 Å². The lowest BCUT2D eigenvalue weighted by molar-refractivity contribution is 0.0998. The Morgan fingerprint density at radius 1 is 1.40 bits per heavy atom. The third-order valence-electron chi connectivity index (χ3n) is 4.08. The van der Waals surface area contributed by atoms with E-state index in [-0.39, 0.29) is 0 Å². The Bertz CT molecular complexity index is 466. The Morgan fingerprint density at radius 2 is 2.30 bits per heavy atom. The smallest absolute Gasteiger partial charge is 0.136 e. The zero-order chi connectivity index (χ0) is 13.9. The second-order valence-corrected chi connectivity index (χ2v) is 5.68. The second kappa shape index (κ2) is 6.06. The third-order valence-corrected chi connectivity index (χ3v) is 4.08. The van der Waals surface area contributed by atoms with Gasteiger partial charge in [-0.15, -0.1) is 0 Å². The van der Waals surface area contributed by atoms with Crippen LogP contribution in [0.5, 0.6) is 0 Å². The van der Waals surface area contributed by atoms with Gasteiger partial charge in [0.2, 0.25) is 0 Å². The van der Waals surface area contributed by atoms with Crippen molar-refractivity contribution in [1.82, 2.24) is 9.97 Å². The van der Waals surface area contributed by atoms with Gasteiger partial charge in [0.1, 0.15) is 11.6 Å². The van der Waals surface area contributed by atoms with Crippen molar-refractivity contribution in [2.45, 2.75) is 57.3 Å². The predicted molar refractivity (Wildman–Crippen MR) is 76.8 cm³/mol. The molecule has 3 atom stereocenters. The number of fused-ring (bicyclic) bond motifs is 2. The quantitative estimate of drug-likeness (QED) is 0.865. The topological polar surface area (TPSA) is 56.3 Å². The van der Waals surface area contributed by atoms with Gasteiger partial charge in [-0.1, -0.05) is 6.92 Å². The van der Waals surface area contributed by atoms with Crippen LogP contribution < -0.4 is 5.32 Å². The van der Waals surface area contributed by atoms with Gasteiger partial charge in [-0.05, 0) is 25.7 Å². The Morgan fingerprint density at radius 3 is 2.95 bits per heavy atom. The summed E-state index contributed by atoms with van der Waals surface area (Å²) < 4.78 is 11.1. The number of anilines is 1. The molecule has 0 aliphatic carbocycles. The molecule has 0 aromatic carbocycles. The number of hydrogen-bond donors (Lipinski definition) is 1. The first-order valence-corrected chi connectivity index (χ1v) is 7.56. The molecular weight excluding hydrogens is 254 g/mol. The van der Waals surface area contributed by atoms with E-state index in [4.69, 9.17) is 14.5 Å². The standard InChI is InChI=1S/C15H23N3O2/c1-3-6-16-14-7-10(9-19-2)17-15(18-14)12-8-11-4-5-13(12)20-11/h7,11-13H,3-6,8-9H2,1-2H3,(H,16,17,18). The molecule has 20 heavy (non-hydrogen) atoms. The van der Waals surface area contributed by atoms with E-state index in [2.05, 4.69) is 17.2 Å². The highest BCUT2D eigenvalue weighted by atomic mass is 16.5. The van der Waals surface area contributed by atoms with Crippen molar-refractivity contribution in [2.24, 2.45) is 0 Å². The molecule has 5 nitrogen and oxygen atoms in total. The maximum atomic E-state index is 5.93. The molecule has 2 aliphatic rings. The molecule has 3 unspecified atom stereocenters. The molecule has 5 heteroatoms. The first-order valence-electron chi connectivity index (χ1n) is 7.56. The molecule has 1 aromatic rings. The van der Waals surface area contributed by atoms with E-state index in [0.717, 1.165) is 43.1 Å². The summed E-state index contributed by atoms with van der Waals surface area (Å²) >= 11 is 0. The van der Waals surface area contributed by atoms with E-state index in [0.29, 0.717) is 24.7 Å². The second-order valence-electron chi connectivity index (χ2n) is 5.68. The minimum atomic E-state index is 0.317. The highest BCUT2D eigenvalue weighted by molar-refractivity contribution is 5.36. The van der Waals surface area contributed by atoms with Crippen molar-refractivity contribution in [3.05, 3.63) is 17.6 Å². The van der Waals surface area contributed by atoms with Gasteiger partial charge in [0.15, 0.2) is 0 Å². The molecule has 1 aromatic heterocycles. The lowest BCUT2D eigenvalue weighted by atomic mass is 9.88. The van der Waals surface area contributed by atoms with Crippen molar-refractivity contribution >= 4 is 5.82 Å². The summed E-state index contributed by atoms with van der Waals surface area (Å²) in [7, 11) is 1.70. The molecule has 110 valence electrons. The predicted octanol–water partition coefficient (Wildman–Crippen LogP) is 2.48. The largest absolute Gasteiger partial charge is 0.378 e. The minimum Gasteiger partial charge on any atom is -0.378 e. The highest BCUT2D eigenvalue weighted by Crippen LogP contribution is 2.43. The Kier molecular flexibility index (Phi) is 4.17. The number of methoxy groups -OCH3 is 1. The molecular formula is C15H23N3O2. The molecule has 1 N–H and O–H groups in total. The maximum Gasteiger partial charge on any atom is 0.136 e. The van der Waals surface area contributed by atoms with Gasteiger partial charge in [-0.2, -0.15) is 0 Å². The molecule has 0 spiro atoms. The van der Waals surface area contributed by atoms with Gasteiger partial charge in [-0.25, -0.2) is 9.97 Å². The molecule has 3 heterocycles. The van der Waals surface area contributed by atoms with Crippen LogP contribution in [0.25, 0.3) is 0 Å². The van der Waals surface area contributed by atoms with E-state index < -0.39 is 0 Å². The van der Waals surface area contributed by atoms with Crippen LogP contribution in [0, 0.1) is 0 Å². The SMILES string of the molecule is CCCNc1cc(COC)nc(C2CC3CCC2O3)n1. The van der Waals surface area contributed by atoms with E-state index in [9.17, 15) is 0 Å². The fourth-order valence-corrected chi connectivity index (χ4v) is 3.16. The summed E-state index contributed by atoms with van der Waals surface area (Å²) in [6.45, 7) is 3.60. The van der Waals surface area contributed by atoms with Crippen LogP contribution in [0.4, 0.5) is 5.82 Å². The summed E-state index contributed by atoms with van der Waals surface area (Å²) in [5.41, 5.74) is 0.943. The summed E-state index contributed by atoms with van der Waals surface area (Å²) in [4.78, 5) is 9.37. The normalized spacial score (nSPS) is 28.0. The number of nitrogens with one attached hydrogen (secondary N) is 1. The lowest BCUT2D eigenvalue weighted by Gasteiger charge is -2.18. The maximum absolute atomic E-state index is 5.93. The number of aromatic nitrogens is 2. The molecule has 0 amide bonds. The van der Waals surface area contributed by atoms with Gasteiger partial charge in [0, 0.05) is 25.6 Å². The summed E-state index contributed by atoms with van der Waals surface area (Å²) in [6.07, 6.45) is 5.22. The number of rotatable bonds is 6. The number of hydrogen-bond acceptors (Lipinski definition) is 5. The molecule has 0 saturated carbocycles. The van der Waals surface area contributed by atoms with Crippen molar-refractivity contribution in [2.75, 3.05) is 19.0 Å². The Balaban J connectivity index is 1.82. The van der Waals surface area contributed by atoms with Gasteiger partial charge >= 0.3 is 0 Å². The molecule has 2 bridgehead atoms. The van der Waals surface area contributed by atoms with Crippen molar-refractivity contribution in [3.63, 3.8) is 0 Å². The average molecular weight is 277 g/mol. The van der Waals surface area contributed by atoms with Gasteiger partial charge < -0.3 is 14.8 Å². The fourth-order valence-electron chi connectivity index (χ4n) is 3.16. The van der Waals surface area contributed by atoms with Crippen molar-refractivity contribution in [3.8, 4) is 0 Å². The molecule has 2 fully saturated rings. The minimum absolute atomic E-state index is 0.317. The lowest BCUT2D eigenvalue weighted by Crippen LogP contribution is -2.19. The van der Waals surface area contributed by atoms with Gasteiger partial charge in [-0.3, -0.25) is 0 Å². The van der Waals surface area contributed by atoms with E-state index in [1.807, 2.05) is 6.07 Å². The molecule has 2 saturated heterocycles. The molecule has 2 aliphatic heterocycles. The Hall–Kier alpha value is -1.20. The van der Waals surface area contributed by atoms with Crippen LogP contribution in [0.2, 0.25) is 0 Å².